The van der Waals surface area contributed by atoms with Crippen LogP contribution < -0.4 is 10.2 Å². The van der Waals surface area contributed by atoms with Gasteiger partial charge >= 0.3 is 0 Å². The molecule has 0 aliphatic rings. The molecule has 0 spiro atoms. The van der Waals surface area contributed by atoms with E-state index in [0.29, 0.717) is 6.04 Å². The molecule has 1 N–H and O–H groups in total. The lowest BCUT2D eigenvalue weighted by Crippen LogP contribution is -2.26. The fourth-order valence-corrected chi connectivity index (χ4v) is 1.24. The predicted molar refractivity (Wildman–Crippen MR) is 66.6 cm³/mol. The van der Waals surface area contributed by atoms with Gasteiger partial charge in [-0.15, -0.1) is 0 Å². The molecule has 84 valence electrons. The van der Waals surface area contributed by atoms with Crippen molar-refractivity contribution in [3.63, 3.8) is 0 Å². The fraction of sp³-hybridized carbons (Fsp3) is 0.583. The molecule has 3 heteroatoms. The van der Waals surface area contributed by atoms with Crippen LogP contribution in [0.1, 0.15) is 27.2 Å². The van der Waals surface area contributed by atoms with E-state index < -0.39 is 0 Å². The Kier molecular flexibility index (Phi) is 4.40. The van der Waals surface area contributed by atoms with Crippen molar-refractivity contribution in [3.05, 3.63) is 18.2 Å². The van der Waals surface area contributed by atoms with E-state index in [4.69, 9.17) is 0 Å². The molecule has 0 aliphatic heterocycles. The van der Waals surface area contributed by atoms with Gasteiger partial charge in [0.1, 0.15) is 11.6 Å². The zero-order chi connectivity index (χ0) is 11.3. The van der Waals surface area contributed by atoms with Gasteiger partial charge in [-0.1, -0.05) is 13.0 Å². The summed E-state index contributed by atoms with van der Waals surface area (Å²) in [6.07, 6.45) is 1.12. The van der Waals surface area contributed by atoms with Crippen molar-refractivity contribution in [1.82, 2.24) is 4.98 Å². The Bertz CT molecular complexity index is 297. The van der Waals surface area contributed by atoms with Crippen LogP contribution >= 0.6 is 0 Å². The third-order valence-corrected chi connectivity index (χ3v) is 2.43. The van der Waals surface area contributed by atoms with E-state index in [0.717, 1.165) is 24.6 Å². The second-order valence-electron chi connectivity index (χ2n) is 4.01. The summed E-state index contributed by atoms with van der Waals surface area (Å²) in [5.41, 5.74) is 0. The van der Waals surface area contributed by atoms with Gasteiger partial charge in [0.05, 0.1) is 0 Å². The fourth-order valence-electron chi connectivity index (χ4n) is 1.24. The van der Waals surface area contributed by atoms with Gasteiger partial charge in [-0.05, 0) is 32.4 Å². The van der Waals surface area contributed by atoms with E-state index in [9.17, 15) is 0 Å². The molecule has 3 nitrogen and oxygen atoms in total. The number of rotatable bonds is 5. The van der Waals surface area contributed by atoms with Gasteiger partial charge in [0, 0.05) is 19.6 Å². The molecule has 0 bridgehead atoms. The Morgan fingerprint density at radius 2 is 2.13 bits per heavy atom. The molecule has 1 rings (SSSR count). The Morgan fingerprint density at radius 3 is 2.73 bits per heavy atom. The normalized spacial score (nSPS) is 10.5. The minimum Gasteiger partial charge on any atom is -0.370 e. The average molecular weight is 207 g/mol. The molecule has 0 atom stereocenters. The molecule has 0 radical (unpaired) electrons. The van der Waals surface area contributed by atoms with Crippen LogP contribution in [-0.2, 0) is 0 Å². The Labute approximate surface area is 92.5 Å². The highest BCUT2D eigenvalue weighted by molar-refractivity contribution is 5.46. The lowest BCUT2D eigenvalue weighted by Gasteiger charge is -2.22. The van der Waals surface area contributed by atoms with Gasteiger partial charge in [-0.3, -0.25) is 0 Å². The number of anilines is 2. The SMILES string of the molecule is CCCNc1cccc(N(C)C(C)C)n1. The van der Waals surface area contributed by atoms with E-state index in [1.54, 1.807) is 0 Å². The largest absolute Gasteiger partial charge is 0.370 e. The summed E-state index contributed by atoms with van der Waals surface area (Å²) >= 11 is 0. The molecule has 0 unspecified atom stereocenters. The van der Waals surface area contributed by atoms with Crippen LogP contribution in [0.4, 0.5) is 11.6 Å². The minimum atomic E-state index is 0.471. The highest BCUT2D eigenvalue weighted by Crippen LogP contribution is 2.14. The van der Waals surface area contributed by atoms with Gasteiger partial charge in [0.2, 0.25) is 0 Å². The van der Waals surface area contributed by atoms with Crippen molar-refractivity contribution in [1.29, 1.82) is 0 Å². The summed E-state index contributed by atoms with van der Waals surface area (Å²) in [5.74, 6) is 1.98. The Morgan fingerprint density at radius 1 is 1.40 bits per heavy atom. The van der Waals surface area contributed by atoms with Crippen molar-refractivity contribution in [2.45, 2.75) is 33.2 Å². The van der Waals surface area contributed by atoms with Crippen LogP contribution in [0.5, 0.6) is 0 Å². The Balaban J connectivity index is 2.73. The van der Waals surface area contributed by atoms with Crippen LogP contribution in [0.3, 0.4) is 0 Å². The maximum absolute atomic E-state index is 4.55. The van der Waals surface area contributed by atoms with Crippen molar-refractivity contribution in [3.8, 4) is 0 Å². The van der Waals surface area contributed by atoms with Crippen molar-refractivity contribution >= 4 is 11.6 Å². The van der Waals surface area contributed by atoms with E-state index in [2.05, 4.69) is 43.0 Å². The first kappa shape index (κ1) is 11.8. The number of hydrogen-bond donors (Lipinski definition) is 1. The maximum Gasteiger partial charge on any atom is 0.130 e. The van der Waals surface area contributed by atoms with Gasteiger partial charge in [0.15, 0.2) is 0 Å². The standard InChI is InChI=1S/C12H21N3/c1-5-9-13-11-7-6-8-12(14-11)15(4)10(2)3/h6-8,10H,5,9H2,1-4H3,(H,13,14). The van der Waals surface area contributed by atoms with Gasteiger partial charge in [-0.25, -0.2) is 4.98 Å². The zero-order valence-corrected chi connectivity index (χ0v) is 10.1. The Hall–Kier alpha value is -1.25. The summed E-state index contributed by atoms with van der Waals surface area (Å²) in [4.78, 5) is 6.71. The van der Waals surface area contributed by atoms with Crippen LogP contribution in [-0.4, -0.2) is 24.6 Å². The summed E-state index contributed by atoms with van der Waals surface area (Å²) in [7, 11) is 2.07. The number of hydrogen-bond acceptors (Lipinski definition) is 3. The van der Waals surface area contributed by atoms with Crippen LogP contribution in [0, 0.1) is 0 Å². The molecule has 0 aliphatic carbocycles. The first-order valence-corrected chi connectivity index (χ1v) is 5.59. The van der Waals surface area contributed by atoms with E-state index in [1.807, 2.05) is 18.2 Å². The zero-order valence-electron chi connectivity index (χ0n) is 10.1. The molecule has 15 heavy (non-hydrogen) atoms. The monoisotopic (exact) mass is 207 g/mol. The second-order valence-corrected chi connectivity index (χ2v) is 4.01. The van der Waals surface area contributed by atoms with E-state index in [-0.39, 0.29) is 0 Å². The van der Waals surface area contributed by atoms with Crippen LogP contribution in [0.25, 0.3) is 0 Å². The summed E-state index contributed by atoms with van der Waals surface area (Å²) in [6, 6.07) is 6.56. The molecule has 0 amide bonds. The van der Waals surface area contributed by atoms with Crippen molar-refractivity contribution < 1.29 is 0 Å². The molecular weight excluding hydrogens is 186 g/mol. The number of aromatic nitrogens is 1. The van der Waals surface area contributed by atoms with Crippen molar-refractivity contribution in [2.75, 3.05) is 23.8 Å². The molecule has 1 aromatic rings. The van der Waals surface area contributed by atoms with Crippen LogP contribution in [0.15, 0.2) is 18.2 Å². The molecule has 1 heterocycles. The number of pyridine rings is 1. The molecule has 0 saturated heterocycles. The summed E-state index contributed by atoms with van der Waals surface area (Å²) in [6.45, 7) is 7.45. The maximum atomic E-state index is 4.55. The summed E-state index contributed by atoms with van der Waals surface area (Å²) < 4.78 is 0. The third kappa shape index (κ3) is 3.42. The molecular formula is C12H21N3. The smallest absolute Gasteiger partial charge is 0.130 e. The van der Waals surface area contributed by atoms with Crippen LogP contribution in [0.2, 0.25) is 0 Å². The van der Waals surface area contributed by atoms with E-state index in [1.165, 1.54) is 0 Å². The molecule has 1 aromatic heterocycles. The molecule has 0 saturated carbocycles. The minimum absolute atomic E-state index is 0.471. The van der Waals surface area contributed by atoms with E-state index >= 15 is 0 Å². The van der Waals surface area contributed by atoms with Crippen molar-refractivity contribution in [2.24, 2.45) is 0 Å². The van der Waals surface area contributed by atoms with Gasteiger partial charge in [0.25, 0.3) is 0 Å². The first-order valence-electron chi connectivity index (χ1n) is 5.59. The topological polar surface area (TPSA) is 28.2 Å². The number of nitrogens with zero attached hydrogens (tertiary/aromatic N) is 2. The van der Waals surface area contributed by atoms with Gasteiger partial charge in [-0.2, -0.15) is 0 Å². The third-order valence-electron chi connectivity index (χ3n) is 2.43. The molecule has 0 fully saturated rings. The first-order chi connectivity index (χ1) is 7.15. The lowest BCUT2D eigenvalue weighted by molar-refractivity contribution is 0.743. The quantitative estimate of drug-likeness (QED) is 0.804. The predicted octanol–water partition coefficient (Wildman–Crippen LogP) is 2.75. The average Bonchev–Trinajstić information content (AvgIpc) is 2.25. The molecule has 0 aromatic carbocycles. The highest BCUT2D eigenvalue weighted by Gasteiger charge is 2.06. The highest BCUT2D eigenvalue weighted by atomic mass is 15.2. The number of nitrogens with one attached hydrogen (secondary N) is 1. The summed E-state index contributed by atoms with van der Waals surface area (Å²) in [5, 5.41) is 3.29. The van der Waals surface area contributed by atoms with Gasteiger partial charge < -0.3 is 10.2 Å². The second kappa shape index (κ2) is 5.59. The lowest BCUT2D eigenvalue weighted by atomic mass is 10.3.